The molecular weight excluding hydrogens is 310 g/mol. The number of benzodiazepines with no additional fused rings is 1. The van der Waals surface area contributed by atoms with E-state index in [0.717, 1.165) is 16.8 Å². The topological polar surface area (TPSA) is 64.9 Å². The van der Waals surface area contributed by atoms with Crippen LogP contribution in [0.2, 0.25) is 0 Å². The molecule has 6 heteroatoms. The fraction of sp³-hybridized carbons (Fsp3) is 0.118. The minimum Gasteiger partial charge on any atom is -0.465 e. The predicted molar refractivity (Wildman–Crippen MR) is 94.5 cm³/mol. The first-order valence-electron chi connectivity index (χ1n) is 7.07. The molecule has 5 nitrogen and oxygen atoms in total. The van der Waals surface area contributed by atoms with Crippen molar-refractivity contribution in [2.24, 2.45) is 4.99 Å². The lowest BCUT2D eigenvalue weighted by molar-refractivity contribution is 0.193. The highest BCUT2D eigenvalue weighted by Crippen LogP contribution is 2.27. The molecule has 116 valence electrons. The fourth-order valence-electron chi connectivity index (χ4n) is 2.56. The summed E-state index contributed by atoms with van der Waals surface area (Å²) in [4.78, 5) is 17.9. The quantitative estimate of drug-likeness (QED) is 0.833. The summed E-state index contributed by atoms with van der Waals surface area (Å²) in [5.74, 6) is 0. The highest BCUT2D eigenvalue weighted by atomic mass is 32.1. The monoisotopic (exact) mass is 325 g/mol. The third-order valence-corrected chi connectivity index (χ3v) is 4.15. The van der Waals surface area contributed by atoms with Crippen molar-refractivity contribution in [1.29, 1.82) is 0 Å². The minimum absolute atomic E-state index is 0.408. The van der Waals surface area contributed by atoms with Crippen LogP contribution < -0.4 is 10.2 Å². The first kappa shape index (κ1) is 15.2. The number of aliphatic imine (C=N–C) groups is 1. The second-order valence-electron chi connectivity index (χ2n) is 5.11. The number of nitrogens with zero attached hydrogens (tertiary/aromatic N) is 2. The molecule has 0 radical (unpaired) electrons. The minimum atomic E-state index is -1.16. The molecule has 23 heavy (non-hydrogen) atoms. The lowest BCUT2D eigenvalue weighted by Crippen LogP contribution is -2.44. The Morgan fingerprint density at radius 2 is 1.83 bits per heavy atom. The Labute approximate surface area is 139 Å². The summed E-state index contributed by atoms with van der Waals surface area (Å²) in [7, 11) is 1.82. The summed E-state index contributed by atoms with van der Waals surface area (Å²) >= 11 is 5.43. The molecule has 0 spiro atoms. The number of carbonyl (C=O) groups is 1. The van der Waals surface area contributed by atoms with E-state index in [-0.39, 0.29) is 0 Å². The number of benzene rings is 2. The number of carboxylic acid groups (broad SMARTS) is 1. The zero-order valence-corrected chi connectivity index (χ0v) is 13.2. The van der Waals surface area contributed by atoms with E-state index in [4.69, 9.17) is 17.3 Å². The summed E-state index contributed by atoms with van der Waals surface area (Å²) < 4.78 is 0. The van der Waals surface area contributed by atoms with Crippen LogP contribution in [0.3, 0.4) is 0 Å². The standard InChI is InChI=1S/C17H15N3O2S/c1-20-13-10-6-5-9-12(13)14(11-7-3-2-4-8-11)18-15(16(20)23)19-17(21)22/h2-10,15,19H,1H3,(H,21,22)/t15-/m0/s1. The van der Waals surface area contributed by atoms with Crippen LogP contribution in [-0.4, -0.2) is 35.1 Å². The Hall–Kier alpha value is -2.73. The molecule has 0 aliphatic carbocycles. The third-order valence-electron chi connectivity index (χ3n) is 3.65. The Morgan fingerprint density at radius 3 is 2.52 bits per heavy atom. The molecule has 1 amide bonds. The second-order valence-corrected chi connectivity index (χ2v) is 5.53. The van der Waals surface area contributed by atoms with Gasteiger partial charge in [0.2, 0.25) is 0 Å². The SMILES string of the molecule is CN1C(=S)[C@H](NC(=O)O)N=C(c2ccccc2)c2ccccc21. The molecule has 0 aromatic heterocycles. The molecule has 2 aromatic carbocycles. The van der Waals surface area contributed by atoms with E-state index in [0.29, 0.717) is 10.7 Å². The van der Waals surface area contributed by atoms with E-state index in [1.807, 2.05) is 61.6 Å². The van der Waals surface area contributed by atoms with Crippen LogP contribution in [0.1, 0.15) is 11.1 Å². The van der Waals surface area contributed by atoms with Gasteiger partial charge < -0.3 is 10.0 Å². The van der Waals surface area contributed by atoms with E-state index < -0.39 is 12.3 Å². The van der Waals surface area contributed by atoms with Gasteiger partial charge in [0.15, 0.2) is 6.17 Å². The molecule has 0 bridgehead atoms. The van der Waals surface area contributed by atoms with Gasteiger partial charge in [-0.2, -0.15) is 0 Å². The van der Waals surface area contributed by atoms with Crippen LogP contribution in [0.25, 0.3) is 0 Å². The Balaban J connectivity index is 2.20. The molecule has 1 heterocycles. The van der Waals surface area contributed by atoms with Gasteiger partial charge in [0.1, 0.15) is 4.99 Å². The smallest absolute Gasteiger partial charge is 0.406 e. The number of hydrogen-bond acceptors (Lipinski definition) is 3. The van der Waals surface area contributed by atoms with Gasteiger partial charge in [0.05, 0.1) is 11.4 Å². The van der Waals surface area contributed by atoms with Gasteiger partial charge in [0, 0.05) is 18.2 Å². The summed E-state index contributed by atoms with van der Waals surface area (Å²) in [6.45, 7) is 0. The molecule has 2 aromatic rings. The lowest BCUT2D eigenvalue weighted by atomic mass is 10.0. The average molecular weight is 325 g/mol. The summed E-state index contributed by atoms with van der Waals surface area (Å²) in [6.07, 6.45) is -1.97. The largest absolute Gasteiger partial charge is 0.465 e. The fourth-order valence-corrected chi connectivity index (χ4v) is 2.77. The molecular formula is C17H15N3O2S. The van der Waals surface area contributed by atoms with Gasteiger partial charge in [-0.15, -0.1) is 0 Å². The maximum atomic E-state index is 11.1. The van der Waals surface area contributed by atoms with Gasteiger partial charge in [-0.05, 0) is 6.07 Å². The zero-order valence-electron chi connectivity index (χ0n) is 12.4. The number of hydrogen-bond donors (Lipinski definition) is 2. The van der Waals surface area contributed by atoms with Crippen molar-refractivity contribution in [2.45, 2.75) is 6.17 Å². The summed E-state index contributed by atoms with van der Waals surface area (Å²) in [5, 5.41) is 11.5. The molecule has 1 aliphatic heterocycles. The third kappa shape index (κ3) is 2.93. The number of amides is 1. The number of likely N-dealkylation sites (N-methyl/N-ethyl adjacent to an activating group) is 1. The van der Waals surface area contributed by atoms with Crippen LogP contribution in [-0.2, 0) is 0 Å². The van der Waals surface area contributed by atoms with Gasteiger partial charge in [-0.3, -0.25) is 10.3 Å². The molecule has 1 aliphatic rings. The highest BCUT2D eigenvalue weighted by molar-refractivity contribution is 7.80. The lowest BCUT2D eigenvalue weighted by Gasteiger charge is -2.23. The van der Waals surface area contributed by atoms with Crippen molar-refractivity contribution in [3.05, 3.63) is 65.7 Å². The van der Waals surface area contributed by atoms with E-state index >= 15 is 0 Å². The number of nitrogens with one attached hydrogen (secondary N) is 1. The molecule has 0 saturated heterocycles. The van der Waals surface area contributed by atoms with Crippen molar-refractivity contribution in [1.82, 2.24) is 5.32 Å². The van der Waals surface area contributed by atoms with Crippen LogP contribution in [0.4, 0.5) is 10.5 Å². The van der Waals surface area contributed by atoms with Crippen molar-refractivity contribution in [3.63, 3.8) is 0 Å². The second kappa shape index (κ2) is 6.18. The van der Waals surface area contributed by atoms with E-state index in [1.165, 1.54) is 0 Å². The summed E-state index contributed by atoms with van der Waals surface area (Å²) in [5.41, 5.74) is 3.44. The van der Waals surface area contributed by atoms with Crippen molar-refractivity contribution < 1.29 is 9.90 Å². The Bertz CT molecular complexity index is 789. The predicted octanol–water partition coefficient (Wildman–Crippen LogP) is 2.89. The van der Waals surface area contributed by atoms with Gasteiger partial charge in [0.25, 0.3) is 0 Å². The normalized spacial score (nSPS) is 17.1. The number of rotatable bonds is 2. The average Bonchev–Trinajstić information content (AvgIpc) is 2.66. The highest BCUT2D eigenvalue weighted by Gasteiger charge is 2.27. The molecule has 0 unspecified atom stereocenters. The van der Waals surface area contributed by atoms with Gasteiger partial charge >= 0.3 is 6.09 Å². The first-order chi connectivity index (χ1) is 11.1. The maximum Gasteiger partial charge on any atom is 0.406 e. The number of fused-ring (bicyclic) bond motifs is 1. The van der Waals surface area contributed by atoms with E-state index in [9.17, 15) is 4.79 Å². The Kier molecular flexibility index (Phi) is 4.08. The van der Waals surface area contributed by atoms with E-state index in [1.54, 1.807) is 4.90 Å². The first-order valence-corrected chi connectivity index (χ1v) is 7.48. The van der Waals surface area contributed by atoms with Gasteiger partial charge in [-0.1, -0.05) is 60.7 Å². The molecule has 0 fully saturated rings. The maximum absolute atomic E-state index is 11.1. The van der Waals surface area contributed by atoms with Crippen LogP contribution in [0.15, 0.2) is 59.6 Å². The van der Waals surface area contributed by atoms with Crippen LogP contribution >= 0.6 is 12.2 Å². The van der Waals surface area contributed by atoms with Gasteiger partial charge in [-0.25, -0.2) is 4.79 Å². The molecule has 1 atom stereocenters. The van der Waals surface area contributed by atoms with Crippen LogP contribution in [0.5, 0.6) is 0 Å². The van der Waals surface area contributed by atoms with E-state index in [2.05, 4.69) is 10.3 Å². The summed E-state index contributed by atoms with van der Waals surface area (Å²) in [6, 6.07) is 17.4. The number of para-hydroxylation sites is 1. The zero-order chi connectivity index (χ0) is 16.4. The van der Waals surface area contributed by atoms with Crippen LogP contribution in [0, 0.1) is 0 Å². The molecule has 2 N–H and O–H groups in total. The number of anilines is 1. The molecule has 3 rings (SSSR count). The molecule has 0 saturated carbocycles. The van der Waals surface area contributed by atoms with Crippen molar-refractivity contribution >= 4 is 34.7 Å². The Morgan fingerprint density at radius 1 is 1.17 bits per heavy atom. The number of thiocarbonyl (C=S) groups is 1. The van der Waals surface area contributed by atoms with Crippen molar-refractivity contribution in [2.75, 3.05) is 11.9 Å². The van der Waals surface area contributed by atoms with Crippen molar-refractivity contribution in [3.8, 4) is 0 Å².